The van der Waals surface area contributed by atoms with Gasteiger partial charge in [0.25, 0.3) is 5.91 Å². The summed E-state index contributed by atoms with van der Waals surface area (Å²) in [5, 5.41) is 3.43. The molecule has 1 unspecified atom stereocenters. The number of hydrogen-bond acceptors (Lipinski definition) is 3. The number of morpholine rings is 1. The maximum absolute atomic E-state index is 12.0. The summed E-state index contributed by atoms with van der Waals surface area (Å²) < 4.78 is 6.43. The van der Waals surface area contributed by atoms with Crippen LogP contribution in [-0.2, 0) is 4.74 Å². The average Bonchev–Trinajstić information content (AvgIpc) is 2.47. The van der Waals surface area contributed by atoms with Gasteiger partial charge >= 0.3 is 0 Å². The third-order valence-corrected chi connectivity index (χ3v) is 4.57. The van der Waals surface area contributed by atoms with E-state index in [4.69, 9.17) is 16.3 Å². The number of likely N-dealkylation sites (N-methyl/N-ethyl adjacent to an activating group) is 1. The van der Waals surface area contributed by atoms with E-state index in [0.29, 0.717) is 17.1 Å². The van der Waals surface area contributed by atoms with E-state index < -0.39 is 0 Å². The highest BCUT2D eigenvalue weighted by Crippen LogP contribution is 2.23. The number of nitrogens with zero attached hydrogens (tertiary/aromatic N) is 1. The molecule has 1 fully saturated rings. The molecule has 2 rings (SSSR count). The first-order valence-corrected chi connectivity index (χ1v) is 7.84. The van der Waals surface area contributed by atoms with Gasteiger partial charge < -0.3 is 10.1 Å². The SMILES string of the molecule is CCN1CCOC(CNC(=O)c2ccc(Br)c(Cl)c2)C1. The minimum Gasteiger partial charge on any atom is -0.374 e. The Hall–Kier alpha value is -0.620. The second-order valence-electron chi connectivity index (χ2n) is 4.72. The smallest absolute Gasteiger partial charge is 0.251 e. The molecule has 0 bridgehead atoms. The Morgan fingerprint density at radius 3 is 3.10 bits per heavy atom. The van der Waals surface area contributed by atoms with Gasteiger partial charge in [-0.2, -0.15) is 0 Å². The van der Waals surface area contributed by atoms with Crippen molar-refractivity contribution in [1.82, 2.24) is 10.2 Å². The van der Waals surface area contributed by atoms with Crippen molar-refractivity contribution in [1.29, 1.82) is 0 Å². The van der Waals surface area contributed by atoms with Gasteiger partial charge in [0.1, 0.15) is 0 Å². The average molecular weight is 362 g/mol. The van der Waals surface area contributed by atoms with Gasteiger partial charge in [-0.3, -0.25) is 9.69 Å². The monoisotopic (exact) mass is 360 g/mol. The van der Waals surface area contributed by atoms with Crippen LogP contribution in [0.2, 0.25) is 5.02 Å². The van der Waals surface area contributed by atoms with Crippen LogP contribution < -0.4 is 5.32 Å². The Morgan fingerprint density at radius 2 is 2.40 bits per heavy atom. The standard InChI is InChI=1S/C14H18BrClN2O2/c1-2-18-5-6-20-11(9-18)8-17-14(19)10-3-4-12(15)13(16)7-10/h3-4,7,11H,2,5-6,8-9H2,1H3,(H,17,19). The fourth-order valence-corrected chi connectivity index (χ4v) is 2.56. The lowest BCUT2D eigenvalue weighted by molar-refractivity contribution is -0.0246. The third kappa shape index (κ3) is 4.19. The van der Waals surface area contributed by atoms with Crippen molar-refractivity contribution in [2.24, 2.45) is 0 Å². The summed E-state index contributed by atoms with van der Waals surface area (Å²) in [6.07, 6.45) is 0.0542. The van der Waals surface area contributed by atoms with Gasteiger partial charge in [0.2, 0.25) is 0 Å². The molecule has 6 heteroatoms. The van der Waals surface area contributed by atoms with E-state index in [1.165, 1.54) is 0 Å². The Kier molecular flexibility index (Phi) is 5.84. The molecule has 1 atom stereocenters. The van der Waals surface area contributed by atoms with Crippen LogP contribution in [-0.4, -0.2) is 49.7 Å². The zero-order chi connectivity index (χ0) is 14.5. The summed E-state index contributed by atoms with van der Waals surface area (Å²) in [7, 11) is 0. The van der Waals surface area contributed by atoms with Crippen LogP contribution in [0.4, 0.5) is 0 Å². The summed E-state index contributed by atoms with van der Waals surface area (Å²) >= 11 is 9.29. The third-order valence-electron chi connectivity index (χ3n) is 3.34. The molecule has 1 aromatic rings. The lowest BCUT2D eigenvalue weighted by atomic mass is 10.2. The topological polar surface area (TPSA) is 41.6 Å². The van der Waals surface area contributed by atoms with E-state index in [9.17, 15) is 4.79 Å². The predicted molar refractivity (Wildman–Crippen MR) is 83.3 cm³/mol. The summed E-state index contributed by atoms with van der Waals surface area (Å²) in [4.78, 5) is 14.4. The van der Waals surface area contributed by atoms with E-state index in [0.717, 1.165) is 30.7 Å². The molecule has 0 aromatic heterocycles. The molecule has 1 heterocycles. The van der Waals surface area contributed by atoms with Crippen molar-refractivity contribution in [3.63, 3.8) is 0 Å². The van der Waals surface area contributed by atoms with Crippen LogP contribution in [0.15, 0.2) is 22.7 Å². The number of carbonyl (C=O) groups excluding carboxylic acids is 1. The predicted octanol–water partition coefficient (Wildman–Crippen LogP) is 2.55. The second kappa shape index (κ2) is 7.41. The van der Waals surface area contributed by atoms with Crippen LogP contribution in [0, 0.1) is 0 Å². The Morgan fingerprint density at radius 1 is 1.60 bits per heavy atom. The number of benzene rings is 1. The Bertz CT molecular complexity index is 484. The zero-order valence-corrected chi connectivity index (χ0v) is 13.7. The maximum atomic E-state index is 12.0. The number of nitrogens with one attached hydrogen (secondary N) is 1. The van der Waals surface area contributed by atoms with Crippen molar-refractivity contribution in [2.75, 3.05) is 32.8 Å². The van der Waals surface area contributed by atoms with Gasteiger partial charge in [-0.25, -0.2) is 0 Å². The van der Waals surface area contributed by atoms with E-state index in [2.05, 4.69) is 33.1 Å². The highest BCUT2D eigenvalue weighted by atomic mass is 79.9. The van der Waals surface area contributed by atoms with Gasteiger partial charge in [0.15, 0.2) is 0 Å². The van der Waals surface area contributed by atoms with Gasteiger partial charge in [-0.1, -0.05) is 18.5 Å². The first kappa shape index (κ1) is 15.8. The van der Waals surface area contributed by atoms with Gasteiger partial charge in [-0.05, 0) is 40.7 Å². The van der Waals surface area contributed by atoms with Crippen molar-refractivity contribution >= 4 is 33.4 Å². The highest BCUT2D eigenvalue weighted by Gasteiger charge is 2.20. The quantitative estimate of drug-likeness (QED) is 0.896. The summed E-state index contributed by atoms with van der Waals surface area (Å²) in [6, 6.07) is 5.17. The number of rotatable bonds is 4. The van der Waals surface area contributed by atoms with E-state index >= 15 is 0 Å². The Labute approximate surface area is 132 Å². The molecule has 1 aliphatic rings. The van der Waals surface area contributed by atoms with Crippen LogP contribution in [0.25, 0.3) is 0 Å². The van der Waals surface area contributed by atoms with Gasteiger partial charge in [0.05, 0.1) is 17.7 Å². The first-order valence-electron chi connectivity index (χ1n) is 6.67. The van der Waals surface area contributed by atoms with Crippen LogP contribution in [0.1, 0.15) is 17.3 Å². The van der Waals surface area contributed by atoms with Crippen molar-refractivity contribution < 1.29 is 9.53 Å². The number of halogens is 2. The van der Waals surface area contributed by atoms with Crippen LogP contribution in [0.3, 0.4) is 0 Å². The molecule has 1 saturated heterocycles. The van der Waals surface area contributed by atoms with E-state index in [1.54, 1.807) is 18.2 Å². The van der Waals surface area contributed by atoms with Gasteiger partial charge in [-0.15, -0.1) is 0 Å². The molecule has 1 N–H and O–H groups in total. The molecule has 0 radical (unpaired) electrons. The summed E-state index contributed by atoms with van der Waals surface area (Å²) in [5.74, 6) is -0.128. The normalized spacial score (nSPS) is 19.9. The van der Waals surface area contributed by atoms with Crippen LogP contribution in [0.5, 0.6) is 0 Å². The fraction of sp³-hybridized carbons (Fsp3) is 0.500. The number of hydrogen-bond donors (Lipinski definition) is 1. The van der Waals surface area contributed by atoms with E-state index in [-0.39, 0.29) is 12.0 Å². The first-order chi connectivity index (χ1) is 9.60. The molecule has 0 aliphatic carbocycles. The molecule has 1 amide bonds. The van der Waals surface area contributed by atoms with E-state index in [1.807, 2.05) is 0 Å². The molecule has 110 valence electrons. The molecular weight excluding hydrogens is 344 g/mol. The second-order valence-corrected chi connectivity index (χ2v) is 5.99. The minimum atomic E-state index is -0.128. The largest absolute Gasteiger partial charge is 0.374 e. The highest BCUT2D eigenvalue weighted by molar-refractivity contribution is 9.10. The van der Waals surface area contributed by atoms with Crippen molar-refractivity contribution in [2.45, 2.75) is 13.0 Å². The number of carbonyl (C=O) groups is 1. The zero-order valence-electron chi connectivity index (χ0n) is 11.4. The van der Waals surface area contributed by atoms with Crippen LogP contribution >= 0.6 is 27.5 Å². The fourth-order valence-electron chi connectivity index (χ4n) is 2.14. The molecule has 0 saturated carbocycles. The molecule has 1 aromatic carbocycles. The minimum absolute atomic E-state index is 0.0542. The Balaban J connectivity index is 1.87. The van der Waals surface area contributed by atoms with Gasteiger partial charge in [0, 0.05) is 29.7 Å². The van der Waals surface area contributed by atoms with Crippen molar-refractivity contribution in [3.8, 4) is 0 Å². The maximum Gasteiger partial charge on any atom is 0.251 e. The van der Waals surface area contributed by atoms with Crippen molar-refractivity contribution in [3.05, 3.63) is 33.3 Å². The molecule has 0 spiro atoms. The summed E-state index contributed by atoms with van der Waals surface area (Å²) in [5.41, 5.74) is 0.557. The summed E-state index contributed by atoms with van der Waals surface area (Å²) in [6.45, 7) is 6.20. The lowest BCUT2D eigenvalue weighted by Gasteiger charge is -2.32. The molecule has 20 heavy (non-hydrogen) atoms. The lowest BCUT2D eigenvalue weighted by Crippen LogP contribution is -2.47. The molecule has 1 aliphatic heterocycles. The number of amides is 1. The number of ether oxygens (including phenoxy) is 1. The molecule has 4 nitrogen and oxygen atoms in total. The molecular formula is C14H18BrClN2O2.